The van der Waals surface area contributed by atoms with E-state index >= 15 is 0 Å². The van der Waals surface area contributed by atoms with E-state index in [1.165, 1.54) is 0 Å². The number of ether oxygens (including phenoxy) is 2. The molecule has 0 saturated carbocycles. The van der Waals surface area contributed by atoms with Crippen molar-refractivity contribution in [1.29, 1.82) is 0 Å². The van der Waals surface area contributed by atoms with Crippen LogP contribution in [0, 0.1) is 0 Å². The monoisotopic (exact) mass is 377 g/mol. The molecule has 0 atom stereocenters. The van der Waals surface area contributed by atoms with E-state index in [0.717, 1.165) is 33.4 Å². The SMILES string of the molecule is C=C(Br)COc1c(Br)cccc1CNCCOC. The smallest absolute Gasteiger partial charge is 0.138 e. The van der Waals surface area contributed by atoms with Crippen LogP contribution in [0.5, 0.6) is 5.75 Å². The van der Waals surface area contributed by atoms with E-state index in [0.29, 0.717) is 13.2 Å². The van der Waals surface area contributed by atoms with Crippen LogP contribution in [-0.4, -0.2) is 26.9 Å². The van der Waals surface area contributed by atoms with Gasteiger partial charge in [0.05, 0.1) is 11.1 Å². The molecule has 0 amide bonds. The minimum absolute atomic E-state index is 0.452. The fourth-order valence-corrected chi connectivity index (χ4v) is 2.04. The molecule has 0 spiro atoms. The molecule has 18 heavy (non-hydrogen) atoms. The molecule has 1 rings (SSSR count). The van der Waals surface area contributed by atoms with E-state index in [2.05, 4.69) is 43.8 Å². The highest BCUT2D eigenvalue weighted by Gasteiger charge is 2.08. The summed E-state index contributed by atoms with van der Waals surface area (Å²) in [4.78, 5) is 0. The third kappa shape index (κ3) is 5.52. The van der Waals surface area contributed by atoms with Gasteiger partial charge >= 0.3 is 0 Å². The third-order valence-corrected chi connectivity index (χ3v) is 3.07. The van der Waals surface area contributed by atoms with Gasteiger partial charge in [-0.2, -0.15) is 0 Å². The molecule has 1 N–H and O–H groups in total. The summed E-state index contributed by atoms with van der Waals surface area (Å²) in [7, 11) is 1.69. The number of para-hydroxylation sites is 1. The summed E-state index contributed by atoms with van der Waals surface area (Å²) in [6.45, 7) is 6.47. The lowest BCUT2D eigenvalue weighted by molar-refractivity contribution is 0.199. The Morgan fingerprint density at radius 2 is 2.22 bits per heavy atom. The lowest BCUT2D eigenvalue weighted by atomic mass is 10.2. The normalized spacial score (nSPS) is 10.4. The predicted molar refractivity (Wildman–Crippen MR) is 81.3 cm³/mol. The fraction of sp³-hybridized carbons (Fsp3) is 0.385. The highest BCUT2D eigenvalue weighted by atomic mass is 79.9. The molecule has 1 aromatic rings. The van der Waals surface area contributed by atoms with Gasteiger partial charge in [-0.3, -0.25) is 0 Å². The van der Waals surface area contributed by atoms with Gasteiger partial charge in [0.15, 0.2) is 0 Å². The standard InChI is InChI=1S/C13H17Br2NO2/c1-10(14)9-18-13-11(4-3-5-12(13)15)8-16-6-7-17-2/h3-5,16H,1,6-9H2,2H3. The Hall–Kier alpha value is -0.360. The van der Waals surface area contributed by atoms with Gasteiger partial charge in [-0.05, 0) is 22.0 Å². The average Bonchev–Trinajstić information content (AvgIpc) is 2.33. The van der Waals surface area contributed by atoms with Gasteiger partial charge < -0.3 is 14.8 Å². The number of halogens is 2. The van der Waals surface area contributed by atoms with Crippen molar-refractivity contribution < 1.29 is 9.47 Å². The van der Waals surface area contributed by atoms with Crippen molar-refractivity contribution in [2.75, 3.05) is 26.9 Å². The van der Waals surface area contributed by atoms with Gasteiger partial charge in [0.1, 0.15) is 12.4 Å². The van der Waals surface area contributed by atoms with Gasteiger partial charge in [0.25, 0.3) is 0 Å². The average molecular weight is 379 g/mol. The predicted octanol–water partition coefficient (Wildman–Crippen LogP) is 3.47. The number of methoxy groups -OCH3 is 1. The van der Waals surface area contributed by atoms with Gasteiger partial charge in [0.2, 0.25) is 0 Å². The van der Waals surface area contributed by atoms with Crippen LogP contribution in [0.15, 0.2) is 33.7 Å². The van der Waals surface area contributed by atoms with Crippen LogP contribution in [0.1, 0.15) is 5.56 Å². The molecule has 0 aliphatic carbocycles. The minimum atomic E-state index is 0.452. The van der Waals surface area contributed by atoms with Crippen LogP contribution < -0.4 is 10.1 Å². The highest BCUT2D eigenvalue weighted by molar-refractivity contribution is 9.11. The molecule has 0 aliphatic heterocycles. The Morgan fingerprint density at radius 1 is 1.44 bits per heavy atom. The van der Waals surface area contributed by atoms with Crippen LogP contribution in [0.2, 0.25) is 0 Å². The number of nitrogens with one attached hydrogen (secondary N) is 1. The lowest BCUT2D eigenvalue weighted by Gasteiger charge is -2.13. The number of hydrogen-bond acceptors (Lipinski definition) is 3. The topological polar surface area (TPSA) is 30.5 Å². The first-order valence-corrected chi connectivity index (χ1v) is 7.17. The second kappa shape index (κ2) is 8.69. The van der Waals surface area contributed by atoms with Crippen LogP contribution in [0.3, 0.4) is 0 Å². The van der Waals surface area contributed by atoms with Crippen molar-refractivity contribution >= 4 is 31.9 Å². The third-order valence-electron chi connectivity index (χ3n) is 2.22. The first-order chi connectivity index (χ1) is 8.65. The van der Waals surface area contributed by atoms with Crippen molar-refractivity contribution in [2.45, 2.75) is 6.54 Å². The quantitative estimate of drug-likeness (QED) is 0.702. The van der Waals surface area contributed by atoms with Crippen LogP contribution >= 0.6 is 31.9 Å². The summed E-state index contributed by atoms with van der Waals surface area (Å²) >= 11 is 6.78. The summed E-state index contributed by atoms with van der Waals surface area (Å²) in [6.07, 6.45) is 0. The Morgan fingerprint density at radius 3 is 2.89 bits per heavy atom. The zero-order valence-electron chi connectivity index (χ0n) is 10.3. The van der Waals surface area contributed by atoms with E-state index in [4.69, 9.17) is 9.47 Å². The number of benzene rings is 1. The van der Waals surface area contributed by atoms with Crippen molar-refractivity contribution in [3.63, 3.8) is 0 Å². The van der Waals surface area contributed by atoms with Crippen LogP contribution in [0.4, 0.5) is 0 Å². The summed E-state index contributed by atoms with van der Waals surface area (Å²) in [5.41, 5.74) is 1.11. The molecule has 0 radical (unpaired) electrons. The Bertz CT molecular complexity index is 397. The van der Waals surface area contributed by atoms with Gasteiger partial charge in [-0.25, -0.2) is 0 Å². The summed E-state index contributed by atoms with van der Waals surface area (Å²) in [6, 6.07) is 6.00. The van der Waals surface area contributed by atoms with Gasteiger partial charge in [-0.15, -0.1) is 0 Å². The van der Waals surface area contributed by atoms with Crippen LogP contribution in [-0.2, 0) is 11.3 Å². The summed E-state index contributed by atoms with van der Waals surface area (Å²) in [5, 5.41) is 3.30. The molecule has 0 heterocycles. The molecule has 3 nitrogen and oxygen atoms in total. The maximum atomic E-state index is 5.72. The molecule has 1 aromatic carbocycles. The Labute approximate surface area is 125 Å². The summed E-state index contributed by atoms with van der Waals surface area (Å²) in [5.74, 6) is 0.850. The molecule has 0 aromatic heterocycles. The molecule has 5 heteroatoms. The maximum Gasteiger partial charge on any atom is 0.138 e. The van der Waals surface area contributed by atoms with Crippen molar-refractivity contribution in [2.24, 2.45) is 0 Å². The molecular weight excluding hydrogens is 362 g/mol. The lowest BCUT2D eigenvalue weighted by Crippen LogP contribution is -2.19. The fourth-order valence-electron chi connectivity index (χ4n) is 1.40. The number of hydrogen-bond donors (Lipinski definition) is 1. The second-order valence-corrected chi connectivity index (χ2v) is 5.68. The maximum absolute atomic E-state index is 5.72. The van der Waals surface area contributed by atoms with Crippen molar-refractivity contribution in [3.05, 3.63) is 39.3 Å². The first kappa shape index (κ1) is 15.7. The highest BCUT2D eigenvalue weighted by Crippen LogP contribution is 2.29. The van der Waals surface area contributed by atoms with Gasteiger partial charge in [0, 0.05) is 30.2 Å². The van der Waals surface area contributed by atoms with E-state index in [1.54, 1.807) is 7.11 Å². The molecule has 0 unspecified atom stereocenters. The largest absolute Gasteiger partial charge is 0.487 e. The molecule has 0 aliphatic rings. The Balaban J connectivity index is 2.64. The Kier molecular flexibility index (Phi) is 7.58. The molecule has 0 bridgehead atoms. The first-order valence-electron chi connectivity index (χ1n) is 5.58. The van der Waals surface area contributed by atoms with Crippen molar-refractivity contribution in [3.8, 4) is 5.75 Å². The molecule has 100 valence electrons. The van der Waals surface area contributed by atoms with Crippen LogP contribution in [0.25, 0.3) is 0 Å². The summed E-state index contributed by atoms with van der Waals surface area (Å²) < 4.78 is 12.5. The van der Waals surface area contributed by atoms with Crippen molar-refractivity contribution in [1.82, 2.24) is 5.32 Å². The zero-order chi connectivity index (χ0) is 13.4. The van der Waals surface area contributed by atoms with E-state index in [-0.39, 0.29) is 0 Å². The zero-order valence-corrected chi connectivity index (χ0v) is 13.5. The second-order valence-electron chi connectivity index (χ2n) is 3.70. The van der Waals surface area contributed by atoms with E-state index < -0.39 is 0 Å². The van der Waals surface area contributed by atoms with Gasteiger partial charge in [-0.1, -0.05) is 34.6 Å². The molecule has 0 fully saturated rings. The van der Waals surface area contributed by atoms with E-state index in [9.17, 15) is 0 Å². The van der Waals surface area contributed by atoms with E-state index in [1.807, 2.05) is 18.2 Å². The molecule has 0 saturated heterocycles. The number of rotatable bonds is 8. The minimum Gasteiger partial charge on any atom is -0.487 e. The molecular formula is C13H17Br2NO2.